The van der Waals surface area contributed by atoms with E-state index in [1.54, 1.807) is 42.5 Å². The highest BCUT2D eigenvalue weighted by atomic mass is 32.2. The third-order valence-corrected chi connectivity index (χ3v) is 5.94. The van der Waals surface area contributed by atoms with E-state index in [1.807, 2.05) is 6.92 Å². The normalized spacial score (nSPS) is 15.7. The quantitative estimate of drug-likeness (QED) is 0.391. The van der Waals surface area contributed by atoms with Crippen molar-refractivity contribution in [2.24, 2.45) is 0 Å². The van der Waals surface area contributed by atoms with Crippen molar-refractivity contribution in [3.8, 4) is 5.75 Å². The average Bonchev–Trinajstić information content (AvgIpc) is 3.00. The van der Waals surface area contributed by atoms with Crippen LogP contribution in [0.3, 0.4) is 0 Å². The second kappa shape index (κ2) is 8.24. The number of carbonyl (C=O) groups excluding carboxylic acids is 2. The third-order valence-electron chi connectivity index (χ3n) is 4.67. The molecule has 2 aromatic rings. The summed E-state index contributed by atoms with van der Waals surface area (Å²) in [5, 5.41) is 0. The number of benzene rings is 2. The topological polar surface area (TPSA) is 90.0 Å². The van der Waals surface area contributed by atoms with Gasteiger partial charge in [0.15, 0.2) is 5.78 Å². The molecule has 1 unspecified atom stereocenters. The Balaban J connectivity index is 1.60. The maximum Gasteiger partial charge on any atom is 0.338 e. The predicted octanol–water partition coefficient (Wildman–Crippen LogP) is 2.84. The number of ether oxygens (including phenoxy) is 2. The number of sulfonamides is 1. The molecule has 0 amide bonds. The van der Waals surface area contributed by atoms with Crippen molar-refractivity contribution >= 4 is 27.5 Å². The van der Waals surface area contributed by atoms with Gasteiger partial charge in [-0.1, -0.05) is 12.1 Å². The summed E-state index contributed by atoms with van der Waals surface area (Å²) in [4.78, 5) is 23.9. The highest BCUT2D eigenvalue weighted by Crippen LogP contribution is 2.34. The van der Waals surface area contributed by atoms with E-state index < -0.39 is 16.0 Å². The number of anilines is 1. The fourth-order valence-corrected chi connectivity index (χ4v) is 4.75. The molecule has 1 atom stereocenters. The molecule has 154 valence electrons. The van der Waals surface area contributed by atoms with Crippen LogP contribution in [0.25, 0.3) is 0 Å². The van der Waals surface area contributed by atoms with Gasteiger partial charge in [0, 0.05) is 6.04 Å². The lowest BCUT2D eigenvalue weighted by molar-refractivity contribution is 0.0449. The summed E-state index contributed by atoms with van der Waals surface area (Å²) in [6.07, 6.45) is 1.71. The highest BCUT2D eigenvalue weighted by Gasteiger charge is 2.32. The lowest BCUT2D eigenvalue weighted by Gasteiger charge is -2.21. The van der Waals surface area contributed by atoms with Crippen molar-refractivity contribution in [3.63, 3.8) is 0 Å². The number of hydrogen-bond donors (Lipinski definition) is 0. The maximum atomic E-state index is 12.3. The first-order valence-electron chi connectivity index (χ1n) is 9.20. The Morgan fingerprint density at radius 2 is 1.86 bits per heavy atom. The molecule has 0 saturated heterocycles. The van der Waals surface area contributed by atoms with Crippen molar-refractivity contribution in [2.45, 2.75) is 26.3 Å². The summed E-state index contributed by atoms with van der Waals surface area (Å²) in [6.45, 7) is 3.42. The first kappa shape index (κ1) is 20.9. The SMILES string of the molecule is CC(=O)c1ccccc1OCCOC(=O)c1ccc2c(c1)CC(C)N2S(C)(=O)=O. The molecule has 0 aliphatic carbocycles. The van der Waals surface area contributed by atoms with E-state index in [0.29, 0.717) is 29.0 Å². The van der Waals surface area contributed by atoms with E-state index >= 15 is 0 Å². The van der Waals surface area contributed by atoms with E-state index in [2.05, 4.69) is 0 Å². The Morgan fingerprint density at radius 3 is 2.55 bits per heavy atom. The van der Waals surface area contributed by atoms with Crippen molar-refractivity contribution < 1.29 is 27.5 Å². The van der Waals surface area contributed by atoms with Gasteiger partial charge in [-0.05, 0) is 56.2 Å². The van der Waals surface area contributed by atoms with Gasteiger partial charge in [-0.2, -0.15) is 0 Å². The number of carbonyl (C=O) groups is 2. The molecule has 0 N–H and O–H groups in total. The van der Waals surface area contributed by atoms with Crippen LogP contribution in [-0.4, -0.2) is 45.7 Å². The van der Waals surface area contributed by atoms with Crippen LogP contribution in [-0.2, 0) is 21.2 Å². The number of fused-ring (bicyclic) bond motifs is 1. The standard InChI is InChI=1S/C21H23NO6S/c1-14-12-17-13-16(8-9-19(17)22(14)29(3,25)26)21(24)28-11-10-27-20-7-5-4-6-18(20)15(2)23/h4-9,13-14H,10-12H2,1-3H3. The number of rotatable bonds is 7. The van der Waals surface area contributed by atoms with Gasteiger partial charge in [0.05, 0.1) is 23.1 Å². The lowest BCUT2D eigenvalue weighted by Crippen LogP contribution is -2.34. The second-order valence-corrected chi connectivity index (χ2v) is 8.85. The minimum absolute atomic E-state index is 0.0218. The van der Waals surface area contributed by atoms with Crippen molar-refractivity contribution in [1.29, 1.82) is 0 Å². The van der Waals surface area contributed by atoms with Gasteiger partial charge in [-0.15, -0.1) is 0 Å². The van der Waals surface area contributed by atoms with Crippen molar-refractivity contribution in [3.05, 3.63) is 59.2 Å². The van der Waals surface area contributed by atoms with Crippen molar-refractivity contribution in [2.75, 3.05) is 23.8 Å². The number of esters is 1. The summed E-state index contributed by atoms with van der Waals surface area (Å²) in [5.74, 6) is -0.168. The molecule has 29 heavy (non-hydrogen) atoms. The smallest absolute Gasteiger partial charge is 0.338 e. The second-order valence-electron chi connectivity index (χ2n) is 6.99. The number of para-hydroxylation sites is 1. The van der Waals surface area contributed by atoms with Crippen LogP contribution in [0.4, 0.5) is 5.69 Å². The van der Waals surface area contributed by atoms with E-state index in [-0.39, 0.29) is 25.0 Å². The van der Waals surface area contributed by atoms with Crippen LogP contribution in [0.15, 0.2) is 42.5 Å². The molecule has 0 saturated carbocycles. The summed E-state index contributed by atoms with van der Waals surface area (Å²) < 4.78 is 36.1. The van der Waals surface area contributed by atoms with Gasteiger partial charge in [0.1, 0.15) is 19.0 Å². The zero-order valence-electron chi connectivity index (χ0n) is 16.5. The molecule has 1 aliphatic rings. The molecule has 2 aromatic carbocycles. The molecule has 7 nitrogen and oxygen atoms in total. The molecule has 0 spiro atoms. The van der Waals surface area contributed by atoms with Crippen LogP contribution in [0.5, 0.6) is 5.75 Å². The summed E-state index contributed by atoms with van der Waals surface area (Å²) in [5.41, 5.74) is 2.22. The Bertz CT molecular complexity index is 1050. The summed E-state index contributed by atoms with van der Waals surface area (Å²) in [7, 11) is -3.38. The fraction of sp³-hybridized carbons (Fsp3) is 0.333. The van der Waals surface area contributed by atoms with Gasteiger partial charge in [0.25, 0.3) is 0 Å². The first-order valence-corrected chi connectivity index (χ1v) is 11.1. The van der Waals surface area contributed by atoms with Crippen LogP contribution >= 0.6 is 0 Å². The zero-order valence-corrected chi connectivity index (χ0v) is 17.4. The number of hydrogen-bond acceptors (Lipinski definition) is 6. The largest absolute Gasteiger partial charge is 0.489 e. The third kappa shape index (κ3) is 4.59. The molecular formula is C21H23NO6S. The van der Waals surface area contributed by atoms with E-state index in [1.165, 1.54) is 17.5 Å². The Labute approximate surface area is 170 Å². The van der Waals surface area contributed by atoms with Crippen LogP contribution in [0.2, 0.25) is 0 Å². The molecule has 0 radical (unpaired) electrons. The first-order chi connectivity index (χ1) is 13.7. The van der Waals surface area contributed by atoms with Crippen molar-refractivity contribution in [1.82, 2.24) is 0 Å². The van der Waals surface area contributed by atoms with E-state index in [0.717, 1.165) is 5.56 Å². The number of ketones is 1. The minimum Gasteiger partial charge on any atom is -0.489 e. The van der Waals surface area contributed by atoms with Crippen LogP contribution in [0.1, 0.15) is 40.1 Å². The molecule has 0 bridgehead atoms. The summed E-state index contributed by atoms with van der Waals surface area (Å²) >= 11 is 0. The zero-order chi connectivity index (χ0) is 21.2. The Kier molecular flexibility index (Phi) is 5.93. The average molecular weight is 417 g/mol. The Morgan fingerprint density at radius 1 is 1.14 bits per heavy atom. The molecule has 1 heterocycles. The molecule has 0 aromatic heterocycles. The molecule has 0 fully saturated rings. The van der Waals surface area contributed by atoms with Gasteiger partial charge >= 0.3 is 5.97 Å². The molecule has 8 heteroatoms. The van der Waals surface area contributed by atoms with Crippen LogP contribution in [0, 0.1) is 0 Å². The highest BCUT2D eigenvalue weighted by molar-refractivity contribution is 7.92. The monoisotopic (exact) mass is 417 g/mol. The Hall–Kier alpha value is -2.87. The summed E-state index contributed by atoms with van der Waals surface area (Å²) in [6, 6.07) is 11.6. The van der Waals surface area contributed by atoms with Gasteiger partial charge in [-0.25, -0.2) is 13.2 Å². The number of Topliss-reactive ketones (excluding diaryl/α,β-unsaturated/α-hetero) is 1. The van der Waals surface area contributed by atoms with Gasteiger partial charge in [0.2, 0.25) is 10.0 Å². The van der Waals surface area contributed by atoms with E-state index in [4.69, 9.17) is 9.47 Å². The minimum atomic E-state index is -3.38. The lowest BCUT2D eigenvalue weighted by atomic mass is 10.1. The predicted molar refractivity (Wildman–Crippen MR) is 109 cm³/mol. The number of nitrogens with zero attached hydrogens (tertiary/aromatic N) is 1. The van der Waals surface area contributed by atoms with Crippen LogP contribution < -0.4 is 9.04 Å². The fourth-order valence-electron chi connectivity index (χ4n) is 3.49. The maximum absolute atomic E-state index is 12.3. The molecule has 3 rings (SSSR count). The van der Waals surface area contributed by atoms with Gasteiger partial charge < -0.3 is 9.47 Å². The van der Waals surface area contributed by atoms with Gasteiger partial charge in [-0.3, -0.25) is 9.10 Å². The molecular weight excluding hydrogens is 394 g/mol. The molecule has 1 aliphatic heterocycles. The van der Waals surface area contributed by atoms with E-state index in [9.17, 15) is 18.0 Å².